The Bertz CT molecular complexity index is 291. The van der Waals surface area contributed by atoms with Crippen LogP contribution in [-0.4, -0.2) is 17.8 Å². The molecule has 0 bridgehead atoms. The number of unbranched alkanes of at least 4 members (excludes halogenated alkanes) is 1. The average molecular weight is 212 g/mol. The molecule has 0 fully saturated rings. The number of methoxy groups -OCH3 is 1. The standard InChI is InChI=1S/C10H16N2OS/c1-3-4-7-14-8-5-6-12-10(13-2)9(8)11/h5-6H,3-4,7,11H2,1-2H3. The molecule has 0 saturated carbocycles. The second-order valence-electron chi connectivity index (χ2n) is 2.93. The lowest BCUT2D eigenvalue weighted by Crippen LogP contribution is -1.97. The van der Waals surface area contributed by atoms with Crippen LogP contribution in [0.1, 0.15) is 19.8 Å². The fourth-order valence-corrected chi connectivity index (χ4v) is 2.11. The highest BCUT2D eigenvalue weighted by molar-refractivity contribution is 7.99. The Morgan fingerprint density at radius 3 is 3.00 bits per heavy atom. The Morgan fingerprint density at radius 2 is 2.36 bits per heavy atom. The van der Waals surface area contributed by atoms with Gasteiger partial charge in [-0.05, 0) is 18.2 Å². The zero-order valence-corrected chi connectivity index (χ0v) is 9.43. The van der Waals surface area contributed by atoms with Crippen LogP contribution in [0.15, 0.2) is 17.2 Å². The lowest BCUT2D eigenvalue weighted by Gasteiger charge is -2.07. The first kappa shape index (κ1) is 11.2. The highest BCUT2D eigenvalue weighted by atomic mass is 32.2. The van der Waals surface area contributed by atoms with Crippen molar-refractivity contribution in [2.24, 2.45) is 0 Å². The zero-order valence-electron chi connectivity index (χ0n) is 8.62. The molecule has 0 radical (unpaired) electrons. The van der Waals surface area contributed by atoms with Crippen molar-refractivity contribution in [3.63, 3.8) is 0 Å². The summed E-state index contributed by atoms with van der Waals surface area (Å²) in [5, 5.41) is 0. The van der Waals surface area contributed by atoms with Gasteiger partial charge >= 0.3 is 0 Å². The fourth-order valence-electron chi connectivity index (χ4n) is 1.05. The minimum atomic E-state index is 0.520. The number of nitrogens with two attached hydrogens (primary N) is 1. The van der Waals surface area contributed by atoms with E-state index >= 15 is 0 Å². The van der Waals surface area contributed by atoms with Crippen LogP contribution in [-0.2, 0) is 0 Å². The molecule has 1 aromatic heterocycles. The fraction of sp³-hybridized carbons (Fsp3) is 0.500. The quantitative estimate of drug-likeness (QED) is 0.602. The molecule has 1 aromatic rings. The van der Waals surface area contributed by atoms with Crippen LogP contribution < -0.4 is 10.5 Å². The van der Waals surface area contributed by atoms with Crippen LogP contribution in [0.3, 0.4) is 0 Å². The smallest absolute Gasteiger partial charge is 0.238 e. The number of ether oxygens (including phenoxy) is 1. The van der Waals surface area contributed by atoms with Crippen molar-refractivity contribution < 1.29 is 4.74 Å². The third-order valence-corrected chi connectivity index (χ3v) is 3.02. The Kier molecular flexibility index (Phi) is 4.59. The van der Waals surface area contributed by atoms with Crippen molar-refractivity contribution >= 4 is 17.4 Å². The van der Waals surface area contributed by atoms with E-state index in [-0.39, 0.29) is 0 Å². The van der Waals surface area contributed by atoms with E-state index in [1.54, 1.807) is 25.1 Å². The Balaban J connectivity index is 2.66. The van der Waals surface area contributed by atoms with Gasteiger partial charge in [-0.1, -0.05) is 13.3 Å². The van der Waals surface area contributed by atoms with E-state index in [4.69, 9.17) is 10.5 Å². The van der Waals surface area contributed by atoms with Crippen molar-refractivity contribution in [2.75, 3.05) is 18.6 Å². The molecule has 0 saturated heterocycles. The molecule has 1 heterocycles. The number of hydrogen-bond acceptors (Lipinski definition) is 4. The van der Waals surface area contributed by atoms with Crippen LogP contribution in [0.4, 0.5) is 5.69 Å². The van der Waals surface area contributed by atoms with Crippen molar-refractivity contribution in [2.45, 2.75) is 24.7 Å². The molecule has 3 nitrogen and oxygen atoms in total. The lowest BCUT2D eigenvalue weighted by atomic mass is 10.4. The molecule has 0 unspecified atom stereocenters. The first-order chi connectivity index (χ1) is 6.79. The van der Waals surface area contributed by atoms with Crippen molar-refractivity contribution in [1.29, 1.82) is 0 Å². The summed E-state index contributed by atoms with van der Waals surface area (Å²) in [5.41, 5.74) is 6.52. The maximum absolute atomic E-state index is 5.87. The van der Waals surface area contributed by atoms with E-state index in [0.29, 0.717) is 11.6 Å². The van der Waals surface area contributed by atoms with Crippen LogP contribution >= 0.6 is 11.8 Å². The molecule has 0 spiro atoms. The van der Waals surface area contributed by atoms with Crippen LogP contribution in [0, 0.1) is 0 Å². The molecule has 0 aromatic carbocycles. The van der Waals surface area contributed by atoms with Gasteiger partial charge in [0.25, 0.3) is 0 Å². The Morgan fingerprint density at radius 1 is 1.57 bits per heavy atom. The highest BCUT2D eigenvalue weighted by Gasteiger charge is 2.05. The Hall–Kier alpha value is -0.900. The minimum Gasteiger partial charge on any atom is -0.479 e. The van der Waals surface area contributed by atoms with Gasteiger partial charge in [0.2, 0.25) is 5.88 Å². The second-order valence-corrected chi connectivity index (χ2v) is 4.07. The molecule has 14 heavy (non-hydrogen) atoms. The number of nitrogens with zero attached hydrogens (tertiary/aromatic N) is 1. The van der Waals surface area contributed by atoms with E-state index in [0.717, 1.165) is 10.6 Å². The second kappa shape index (κ2) is 5.75. The maximum atomic E-state index is 5.87. The molecule has 78 valence electrons. The van der Waals surface area contributed by atoms with Gasteiger partial charge in [-0.2, -0.15) is 0 Å². The number of anilines is 1. The molecule has 0 aliphatic carbocycles. The molecular formula is C10H16N2OS. The molecule has 0 aliphatic rings. The minimum absolute atomic E-state index is 0.520. The van der Waals surface area contributed by atoms with Gasteiger partial charge in [0, 0.05) is 11.1 Å². The maximum Gasteiger partial charge on any atom is 0.238 e. The van der Waals surface area contributed by atoms with Gasteiger partial charge in [0.1, 0.15) is 5.69 Å². The molecular weight excluding hydrogens is 196 g/mol. The molecule has 0 aliphatic heterocycles. The summed E-state index contributed by atoms with van der Waals surface area (Å²) in [6.45, 7) is 2.18. The number of nitrogen functional groups attached to an aromatic ring is 1. The summed E-state index contributed by atoms with van der Waals surface area (Å²) in [6, 6.07) is 1.93. The van der Waals surface area contributed by atoms with E-state index in [9.17, 15) is 0 Å². The van der Waals surface area contributed by atoms with Gasteiger partial charge in [0.15, 0.2) is 0 Å². The zero-order chi connectivity index (χ0) is 10.4. The number of pyridine rings is 1. The highest BCUT2D eigenvalue weighted by Crippen LogP contribution is 2.30. The van der Waals surface area contributed by atoms with Crippen molar-refractivity contribution in [3.05, 3.63) is 12.3 Å². The summed E-state index contributed by atoms with van der Waals surface area (Å²) in [5.74, 6) is 1.61. The summed E-state index contributed by atoms with van der Waals surface area (Å²) in [4.78, 5) is 5.09. The first-order valence-electron chi connectivity index (χ1n) is 4.70. The van der Waals surface area contributed by atoms with Gasteiger partial charge in [-0.15, -0.1) is 11.8 Å². The summed E-state index contributed by atoms with van der Waals surface area (Å²) >= 11 is 1.76. The molecule has 2 N–H and O–H groups in total. The lowest BCUT2D eigenvalue weighted by molar-refractivity contribution is 0.399. The third kappa shape index (κ3) is 2.80. The topological polar surface area (TPSA) is 48.1 Å². The molecule has 0 atom stereocenters. The number of aromatic nitrogens is 1. The van der Waals surface area contributed by atoms with Gasteiger partial charge in [-0.25, -0.2) is 4.98 Å². The molecule has 4 heteroatoms. The Labute approximate surface area is 89.1 Å². The summed E-state index contributed by atoms with van der Waals surface area (Å²) < 4.78 is 5.04. The van der Waals surface area contributed by atoms with Gasteiger partial charge in [-0.3, -0.25) is 0 Å². The number of thioether (sulfide) groups is 1. The van der Waals surface area contributed by atoms with Crippen molar-refractivity contribution in [1.82, 2.24) is 4.98 Å². The summed E-state index contributed by atoms with van der Waals surface area (Å²) in [7, 11) is 1.58. The van der Waals surface area contributed by atoms with E-state index < -0.39 is 0 Å². The molecule has 1 rings (SSSR count). The largest absolute Gasteiger partial charge is 0.479 e. The predicted octanol–water partition coefficient (Wildman–Crippen LogP) is 2.56. The van der Waals surface area contributed by atoms with Crippen LogP contribution in [0.2, 0.25) is 0 Å². The van der Waals surface area contributed by atoms with Crippen molar-refractivity contribution in [3.8, 4) is 5.88 Å². The van der Waals surface area contributed by atoms with E-state index in [2.05, 4.69) is 11.9 Å². The molecule has 0 amide bonds. The monoisotopic (exact) mass is 212 g/mol. The average Bonchev–Trinajstić information content (AvgIpc) is 2.21. The van der Waals surface area contributed by atoms with Crippen LogP contribution in [0.25, 0.3) is 0 Å². The first-order valence-corrected chi connectivity index (χ1v) is 5.69. The third-order valence-electron chi connectivity index (χ3n) is 1.86. The number of rotatable bonds is 5. The SMILES string of the molecule is CCCCSc1ccnc(OC)c1N. The summed E-state index contributed by atoms with van der Waals surface area (Å²) in [6.07, 6.45) is 4.13. The van der Waals surface area contributed by atoms with E-state index in [1.165, 1.54) is 12.8 Å². The normalized spacial score (nSPS) is 10.1. The van der Waals surface area contributed by atoms with E-state index in [1.807, 2.05) is 6.07 Å². The predicted molar refractivity (Wildman–Crippen MR) is 60.8 cm³/mol. The van der Waals surface area contributed by atoms with Gasteiger partial charge in [0.05, 0.1) is 7.11 Å². The number of hydrogen-bond donors (Lipinski definition) is 1. The van der Waals surface area contributed by atoms with Crippen LogP contribution in [0.5, 0.6) is 5.88 Å². The van der Waals surface area contributed by atoms with Gasteiger partial charge < -0.3 is 10.5 Å².